The summed E-state index contributed by atoms with van der Waals surface area (Å²) in [6, 6.07) is 0.657. The number of nitrogens with two attached hydrogens (primary N) is 1. The zero-order chi connectivity index (χ0) is 13.0. The van der Waals surface area contributed by atoms with Gasteiger partial charge >= 0.3 is 0 Å². The molecule has 1 aromatic heterocycles. The average molecular weight is 244 g/mol. The van der Waals surface area contributed by atoms with E-state index in [-0.39, 0.29) is 18.3 Å². The topological polar surface area (TPSA) is 71.2 Å². The fourth-order valence-corrected chi connectivity index (χ4v) is 1.28. The van der Waals surface area contributed by atoms with Gasteiger partial charge in [-0.15, -0.1) is 0 Å². The summed E-state index contributed by atoms with van der Waals surface area (Å²) >= 11 is 0. The Balaban J connectivity index is 3.03. The largest absolute Gasteiger partial charge is 0.381 e. The van der Waals surface area contributed by atoms with E-state index in [1.54, 1.807) is 6.92 Å². The minimum absolute atomic E-state index is 0.0675. The van der Waals surface area contributed by atoms with Crippen molar-refractivity contribution >= 4 is 17.5 Å². The molecule has 0 aliphatic heterocycles. The summed E-state index contributed by atoms with van der Waals surface area (Å²) in [5.41, 5.74) is 5.27. The first-order chi connectivity index (χ1) is 7.99. The molecule has 94 valence electrons. The summed E-state index contributed by atoms with van der Waals surface area (Å²) in [4.78, 5) is 16.2. The number of hydrogen-bond donors (Lipinski definition) is 2. The van der Waals surface area contributed by atoms with Gasteiger partial charge in [-0.1, -0.05) is 0 Å². The second-order valence-electron chi connectivity index (χ2n) is 3.35. The monoisotopic (exact) mass is 244 g/mol. The van der Waals surface area contributed by atoms with Crippen molar-refractivity contribution in [1.29, 1.82) is 0 Å². The Kier molecular flexibility index (Phi) is 4.19. The van der Waals surface area contributed by atoms with Gasteiger partial charge in [0, 0.05) is 19.7 Å². The van der Waals surface area contributed by atoms with Gasteiger partial charge in [-0.3, -0.25) is 4.79 Å². The fraction of sp³-hybridized carbons (Fsp3) is 0.400. The molecule has 0 saturated carbocycles. The Morgan fingerprint density at radius 1 is 1.53 bits per heavy atom. The Bertz CT molecular complexity index is 425. The molecule has 0 fully saturated rings. The van der Waals surface area contributed by atoms with Crippen molar-refractivity contribution in [2.75, 3.05) is 30.8 Å². The van der Waals surface area contributed by atoms with Crippen LogP contribution in [0.4, 0.5) is 20.4 Å². The highest BCUT2D eigenvalue weighted by Gasteiger charge is 2.17. The van der Waals surface area contributed by atoms with E-state index >= 15 is 0 Å². The molecule has 17 heavy (non-hydrogen) atoms. The van der Waals surface area contributed by atoms with Crippen LogP contribution in [0.5, 0.6) is 0 Å². The van der Waals surface area contributed by atoms with Crippen LogP contribution in [0.2, 0.25) is 0 Å². The van der Waals surface area contributed by atoms with Gasteiger partial charge < -0.3 is 16.0 Å². The van der Waals surface area contributed by atoms with Crippen molar-refractivity contribution in [2.45, 2.75) is 6.92 Å². The summed E-state index contributed by atoms with van der Waals surface area (Å²) in [6.45, 7) is 2.01. The number of hydrogen-bond acceptors (Lipinski definition) is 4. The minimum Gasteiger partial charge on any atom is -0.381 e. The maximum absolute atomic E-state index is 13.5. The molecule has 0 spiro atoms. The molecule has 0 radical (unpaired) electrons. The molecule has 1 aromatic rings. The van der Waals surface area contributed by atoms with E-state index in [0.717, 1.165) is 0 Å². The van der Waals surface area contributed by atoms with E-state index in [4.69, 9.17) is 5.73 Å². The maximum Gasteiger partial charge on any atom is 0.239 e. The lowest BCUT2D eigenvalue weighted by Crippen LogP contribution is -2.36. The molecule has 5 nitrogen and oxygen atoms in total. The van der Waals surface area contributed by atoms with Crippen LogP contribution in [0, 0.1) is 11.6 Å². The molecule has 0 aliphatic carbocycles. The normalized spacial score (nSPS) is 10.1. The molecule has 1 rings (SSSR count). The van der Waals surface area contributed by atoms with Crippen LogP contribution < -0.4 is 16.0 Å². The zero-order valence-corrected chi connectivity index (χ0v) is 9.63. The zero-order valence-electron chi connectivity index (χ0n) is 9.63. The quantitative estimate of drug-likeness (QED) is 0.809. The third-order valence-corrected chi connectivity index (χ3v) is 2.23. The van der Waals surface area contributed by atoms with Crippen molar-refractivity contribution in [3.8, 4) is 0 Å². The lowest BCUT2D eigenvalue weighted by atomic mass is 10.3. The third kappa shape index (κ3) is 3.02. The van der Waals surface area contributed by atoms with Crippen molar-refractivity contribution in [3.63, 3.8) is 0 Å². The number of likely N-dealkylation sites (N-methyl/N-ethyl adjacent to an activating group) is 2. The van der Waals surface area contributed by atoms with Crippen LogP contribution in [0.15, 0.2) is 6.07 Å². The van der Waals surface area contributed by atoms with Gasteiger partial charge in [0.1, 0.15) is 0 Å². The van der Waals surface area contributed by atoms with Crippen LogP contribution >= 0.6 is 0 Å². The first-order valence-electron chi connectivity index (χ1n) is 5.06. The van der Waals surface area contributed by atoms with Crippen LogP contribution in [0.1, 0.15) is 6.92 Å². The summed E-state index contributed by atoms with van der Waals surface area (Å²) in [5, 5.41) is 2.41. The van der Waals surface area contributed by atoms with Crippen molar-refractivity contribution < 1.29 is 13.6 Å². The van der Waals surface area contributed by atoms with Crippen molar-refractivity contribution in [3.05, 3.63) is 17.7 Å². The van der Waals surface area contributed by atoms with Gasteiger partial charge in [0.2, 0.25) is 5.91 Å². The van der Waals surface area contributed by atoms with Crippen LogP contribution in [0.3, 0.4) is 0 Å². The number of halogens is 2. The maximum atomic E-state index is 13.5. The molecule has 3 N–H and O–H groups in total. The van der Waals surface area contributed by atoms with E-state index in [1.165, 1.54) is 11.9 Å². The number of anilines is 2. The Labute approximate surface area is 97.6 Å². The predicted octanol–water partition coefficient (Wildman–Crippen LogP) is 0.514. The highest BCUT2D eigenvalue weighted by Crippen LogP contribution is 2.20. The number of pyridine rings is 1. The second kappa shape index (κ2) is 5.42. The SMILES string of the molecule is CCN(CC(=O)NC)c1nc(N)c(F)cc1F. The second-order valence-corrected chi connectivity index (χ2v) is 3.35. The molecular weight excluding hydrogens is 230 g/mol. The first-order valence-corrected chi connectivity index (χ1v) is 5.06. The Morgan fingerprint density at radius 3 is 2.71 bits per heavy atom. The van der Waals surface area contributed by atoms with E-state index < -0.39 is 17.5 Å². The molecule has 7 heteroatoms. The average Bonchev–Trinajstić information content (AvgIpc) is 2.30. The van der Waals surface area contributed by atoms with Gasteiger partial charge in [-0.2, -0.15) is 0 Å². The first kappa shape index (κ1) is 13.1. The van der Waals surface area contributed by atoms with Gasteiger partial charge in [-0.05, 0) is 6.92 Å². The lowest BCUT2D eigenvalue weighted by Gasteiger charge is -2.21. The van der Waals surface area contributed by atoms with E-state index in [9.17, 15) is 13.6 Å². The molecule has 0 bridgehead atoms. The predicted molar refractivity (Wildman–Crippen MR) is 60.5 cm³/mol. The lowest BCUT2D eigenvalue weighted by molar-refractivity contribution is -0.119. The molecule has 0 atom stereocenters. The standard InChI is InChI=1S/C10H14F2N4O/c1-3-16(5-8(17)14-2)10-7(12)4-6(11)9(13)15-10/h4H,3,5H2,1-2H3,(H2,13,15)(H,14,17). The third-order valence-electron chi connectivity index (χ3n) is 2.23. The van der Waals surface area contributed by atoms with E-state index in [2.05, 4.69) is 10.3 Å². The Morgan fingerprint density at radius 2 is 2.18 bits per heavy atom. The summed E-state index contributed by atoms with van der Waals surface area (Å²) < 4.78 is 26.4. The number of amides is 1. The highest BCUT2D eigenvalue weighted by molar-refractivity contribution is 5.80. The van der Waals surface area contributed by atoms with Crippen LogP contribution in [-0.2, 0) is 4.79 Å². The van der Waals surface area contributed by atoms with Gasteiger partial charge in [0.05, 0.1) is 6.54 Å². The smallest absolute Gasteiger partial charge is 0.239 e. The fourth-order valence-electron chi connectivity index (χ4n) is 1.28. The summed E-state index contributed by atoms with van der Waals surface area (Å²) in [7, 11) is 1.47. The molecule has 0 unspecified atom stereocenters. The van der Waals surface area contributed by atoms with Crippen LogP contribution in [-0.4, -0.2) is 31.0 Å². The molecule has 1 amide bonds. The van der Waals surface area contributed by atoms with E-state index in [1.807, 2.05) is 0 Å². The summed E-state index contributed by atoms with van der Waals surface area (Å²) in [6.07, 6.45) is 0. The minimum atomic E-state index is -0.915. The highest BCUT2D eigenvalue weighted by atomic mass is 19.1. The molecule has 0 aliphatic rings. The van der Waals surface area contributed by atoms with E-state index in [0.29, 0.717) is 12.6 Å². The molecular formula is C10H14F2N4O. The number of nitrogens with zero attached hydrogens (tertiary/aromatic N) is 2. The number of carbonyl (C=O) groups excluding carboxylic acids is 1. The van der Waals surface area contributed by atoms with Crippen molar-refractivity contribution in [1.82, 2.24) is 10.3 Å². The number of carbonyl (C=O) groups is 1. The number of rotatable bonds is 4. The summed E-state index contributed by atoms with van der Waals surface area (Å²) in [5.74, 6) is -2.58. The number of nitrogen functional groups attached to an aromatic ring is 1. The van der Waals surface area contributed by atoms with Gasteiger partial charge in [0.25, 0.3) is 0 Å². The number of aromatic nitrogens is 1. The molecule has 0 saturated heterocycles. The molecule has 0 aromatic carbocycles. The van der Waals surface area contributed by atoms with Crippen molar-refractivity contribution in [2.24, 2.45) is 0 Å². The van der Waals surface area contributed by atoms with Crippen LogP contribution in [0.25, 0.3) is 0 Å². The van der Waals surface area contributed by atoms with Gasteiger partial charge in [-0.25, -0.2) is 13.8 Å². The Hall–Kier alpha value is -1.92. The molecule has 1 heterocycles. The van der Waals surface area contributed by atoms with Gasteiger partial charge in [0.15, 0.2) is 23.3 Å². The number of nitrogens with one attached hydrogen (secondary N) is 1.